The van der Waals surface area contributed by atoms with Crippen LogP contribution in [-0.2, 0) is 23.1 Å². The summed E-state index contributed by atoms with van der Waals surface area (Å²) in [5, 5.41) is 3.55. The quantitative estimate of drug-likeness (QED) is 0.783. The first-order valence-electron chi connectivity index (χ1n) is 10.0. The van der Waals surface area contributed by atoms with Crippen LogP contribution >= 0.6 is 0 Å². The van der Waals surface area contributed by atoms with Gasteiger partial charge in [0.2, 0.25) is 10.0 Å². The smallest absolute Gasteiger partial charge is 0.243 e. The summed E-state index contributed by atoms with van der Waals surface area (Å²) >= 11 is 0. The summed E-state index contributed by atoms with van der Waals surface area (Å²) in [5.41, 5.74) is 1.78. The van der Waals surface area contributed by atoms with Crippen LogP contribution in [0.25, 0.3) is 11.0 Å². The predicted molar refractivity (Wildman–Crippen MR) is 109 cm³/mol. The summed E-state index contributed by atoms with van der Waals surface area (Å²) in [7, 11) is -3.43. The van der Waals surface area contributed by atoms with Gasteiger partial charge >= 0.3 is 0 Å². The minimum absolute atomic E-state index is 0.0411. The predicted octanol–water partition coefficient (Wildman–Crippen LogP) is 3.51. The minimum Gasteiger partial charge on any atom is -0.327 e. The van der Waals surface area contributed by atoms with E-state index < -0.39 is 10.0 Å². The summed E-state index contributed by atoms with van der Waals surface area (Å²) in [4.78, 5) is 5.11. The molecule has 0 saturated carbocycles. The first kappa shape index (κ1) is 20.3. The molecule has 6 nitrogen and oxygen atoms in total. The van der Waals surface area contributed by atoms with Crippen LogP contribution in [0.4, 0.5) is 0 Å². The fourth-order valence-corrected chi connectivity index (χ4v) is 5.04. The van der Waals surface area contributed by atoms with E-state index in [2.05, 4.69) is 37.6 Å². The van der Waals surface area contributed by atoms with Crippen molar-refractivity contribution in [3.63, 3.8) is 0 Å². The first-order valence-corrected chi connectivity index (χ1v) is 11.5. The monoisotopic (exact) mass is 392 g/mol. The maximum absolute atomic E-state index is 13.0. The van der Waals surface area contributed by atoms with E-state index in [9.17, 15) is 8.42 Å². The van der Waals surface area contributed by atoms with Gasteiger partial charge in [-0.3, -0.25) is 0 Å². The normalized spacial score (nSPS) is 16.9. The van der Waals surface area contributed by atoms with Crippen molar-refractivity contribution in [1.82, 2.24) is 19.2 Å². The lowest BCUT2D eigenvalue weighted by Gasteiger charge is -2.25. The molecule has 1 aliphatic rings. The van der Waals surface area contributed by atoms with Crippen molar-refractivity contribution in [3.05, 3.63) is 24.0 Å². The molecule has 27 heavy (non-hydrogen) atoms. The number of aryl methyl sites for hydroxylation is 1. The number of benzene rings is 1. The molecule has 0 aliphatic carbocycles. The summed E-state index contributed by atoms with van der Waals surface area (Å²) in [6.07, 6.45) is 4.01. The van der Waals surface area contributed by atoms with E-state index in [0.29, 0.717) is 24.5 Å². The highest BCUT2D eigenvalue weighted by atomic mass is 32.2. The molecule has 1 fully saturated rings. The van der Waals surface area contributed by atoms with Crippen molar-refractivity contribution in [2.75, 3.05) is 13.1 Å². The van der Waals surface area contributed by atoms with Gasteiger partial charge in [0.15, 0.2) is 0 Å². The molecule has 0 bridgehead atoms. The maximum atomic E-state index is 13.0. The topological polar surface area (TPSA) is 67.2 Å². The number of nitrogens with zero attached hydrogens (tertiary/aromatic N) is 3. The van der Waals surface area contributed by atoms with Crippen LogP contribution < -0.4 is 5.32 Å². The van der Waals surface area contributed by atoms with Crippen LogP contribution in [0.3, 0.4) is 0 Å². The number of rotatable bonds is 7. The molecule has 1 saturated heterocycles. The molecule has 0 spiro atoms. The number of aromatic nitrogens is 2. The van der Waals surface area contributed by atoms with E-state index in [-0.39, 0.29) is 5.54 Å². The molecule has 150 valence electrons. The molecule has 1 N–H and O–H groups in total. The molecule has 0 unspecified atom stereocenters. The largest absolute Gasteiger partial charge is 0.327 e. The zero-order valence-electron chi connectivity index (χ0n) is 17.0. The molecule has 1 aromatic heterocycles. The standard InChI is InChI=1S/C20H32N4O2S/c1-5-20(3,4)21-15-19-22-17-14-16(10-11-18(17)24(19)6-2)27(25,26)23-12-8-7-9-13-23/h10-11,14,21H,5-9,12-13,15H2,1-4H3. The Kier molecular flexibility index (Phi) is 5.93. The number of piperidine rings is 1. The fraction of sp³-hybridized carbons (Fsp3) is 0.650. The Bertz CT molecular complexity index is 896. The third-order valence-electron chi connectivity index (χ3n) is 5.68. The van der Waals surface area contributed by atoms with Crippen LogP contribution in [0.15, 0.2) is 23.1 Å². The van der Waals surface area contributed by atoms with Crippen molar-refractivity contribution in [2.45, 2.75) is 76.9 Å². The number of hydrogen-bond acceptors (Lipinski definition) is 4. The van der Waals surface area contributed by atoms with Gasteiger partial charge in [-0.2, -0.15) is 4.31 Å². The van der Waals surface area contributed by atoms with Crippen LogP contribution in [0, 0.1) is 0 Å². The third-order valence-corrected chi connectivity index (χ3v) is 7.57. The molecule has 7 heteroatoms. The van der Waals surface area contributed by atoms with Gasteiger partial charge in [-0.25, -0.2) is 13.4 Å². The maximum Gasteiger partial charge on any atom is 0.243 e. The highest BCUT2D eigenvalue weighted by Crippen LogP contribution is 2.25. The first-order chi connectivity index (χ1) is 12.8. The van der Waals surface area contributed by atoms with Gasteiger partial charge in [0.05, 0.1) is 22.5 Å². The van der Waals surface area contributed by atoms with Gasteiger partial charge in [0, 0.05) is 25.2 Å². The van der Waals surface area contributed by atoms with Gasteiger partial charge in [-0.1, -0.05) is 13.3 Å². The van der Waals surface area contributed by atoms with Crippen LogP contribution in [0.2, 0.25) is 0 Å². The SMILES string of the molecule is CCn1c(CNC(C)(C)CC)nc2cc(S(=O)(=O)N3CCCCC3)ccc21. The van der Waals surface area contributed by atoms with E-state index >= 15 is 0 Å². The third kappa shape index (κ3) is 4.20. The lowest BCUT2D eigenvalue weighted by molar-refractivity contribution is 0.346. The van der Waals surface area contributed by atoms with Crippen molar-refractivity contribution >= 4 is 21.1 Å². The molecule has 0 atom stereocenters. The molecule has 2 heterocycles. The number of sulfonamides is 1. The summed E-state index contributed by atoms with van der Waals surface area (Å²) in [5.74, 6) is 0.946. The minimum atomic E-state index is -3.43. The van der Waals surface area contributed by atoms with Crippen LogP contribution in [-0.4, -0.2) is 40.9 Å². The Labute approximate surface area is 163 Å². The zero-order valence-corrected chi connectivity index (χ0v) is 17.8. The summed E-state index contributed by atoms with van der Waals surface area (Å²) < 4.78 is 29.7. The van der Waals surface area contributed by atoms with Crippen molar-refractivity contribution in [1.29, 1.82) is 0 Å². The van der Waals surface area contributed by atoms with Gasteiger partial charge in [-0.15, -0.1) is 0 Å². The Morgan fingerprint density at radius 1 is 1.15 bits per heavy atom. The number of hydrogen-bond donors (Lipinski definition) is 1. The van der Waals surface area contributed by atoms with E-state index in [1.807, 2.05) is 6.07 Å². The van der Waals surface area contributed by atoms with E-state index in [4.69, 9.17) is 4.98 Å². The average Bonchev–Trinajstić information content (AvgIpc) is 3.04. The van der Waals surface area contributed by atoms with E-state index in [0.717, 1.165) is 49.1 Å². The highest BCUT2D eigenvalue weighted by molar-refractivity contribution is 7.89. The molecule has 3 rings (SSSR count). The number of fused-ring (bicyclic) bond motifs is 1. The molecule has 1 aliphatic heterocycles. The molecular weight excluding hydrogens is 360 g/mol. The van der Waals surface area contributed by atoms with Crippen LogP contribution in [0.5, 0.6) is 0 Å². The lowest BCUT2D eigenvalue weighted by Crippen LogP contribution is -2.38. The van der Waals surface area contributed by atoms with E-state index in [1.54, 1.807) is 16.4 Å². The Balaban J connectivity index is 1.93. The van der Waals surface area contributed by atoms with Gasteiger partial charge in [-0.05, 0) is 58.2 Å². The summed E-state index contributed by atoms with van der Waals surface area (Å²) in [6.45, 7) is 11.3. The molecule has 0 amide bonds. The second-order valence-electron chi connectivity index (χ2n) is 7.98. The summed E-state index contributed by atoms with van der Waals surface area (Å²) in [6, 6.07) is 5.37. The average molecular weight is 393 g/mol. The van der Waals surface area contributed by atoms with Gasteiger partial charge in [0.25, 0.3) is 0 Å². The Morgan fingerprint density at radius 2 is 1.85 bits per heavy atom. The lowest BCUT2D eigenvalue weighted by atomic mass is 10.0. The van der Waals surface area contributed by atoms with Crippen molar-refractivity contribution in [3.8, 4) is 0 Å². The zero-order chi connectivity index (χ0) is 19.7. The van der Waals surface area contributed by atoms with Crippen LogP contribution in [0.1, 0.15) is 59.2 Å². The number of nitrogens with one attached hydrogen (secondary N) is 1. The molecule has 1 aromatic carbocycles. The van der Waals surface area contributed by atoms with Gasteiger partial charge in [0.1, 0.15) is 5.82 Å². The Morgan fingerprint density at radius 3 is 2.48 bits per heavy atom. The highest BCUT2D eigenvalue weighted by Gasteiger charge is 2.26. The van der Waals surface area contributed by atoms with Gasteiger partial charge < -0.3 is 9.88 Å². The molecule has 2 aromatic rings. The number of imidazole rings is 1. The second-order valence-corrected chi connectivity index (χ2v) is 9.92. The van der Waals surface area contributed by atoms with Crippen molar-refractivity contribution < 1.29 is 8.42 Å². The molecular formula is C20H32N4O2S. The fourth-order valence-electron chi connectivity index (χ4n) is 3.51. The molecule has 0 radical (unpaired) electrons. The second kappa shape index (κ2) is 7.89. The van der Waals surface area contributed by atoms with Crippen molar-refractivity contribution in [2.24, 2.45) is 0 Å². The Hall–Kier alpha value is -1.44. The van der Waals surface area contributed by atoms with E-state index in [1.165, 1.54) is 0 Å².